The standard InChI is InChI=1S/C12H13BrN2S2/c1-14-7-12(2-3-12)10-6-17-11(15-10)9-4-8(13)5-16-9/h4-6,14H,2-3,7H2,1H3. The lowest BCUT2D eigenvalue weighted by molar-refractivity contribution is 0.611. The molecule has 1 aliphatic rings. The summed E-state index contributed by atoms with van der Waals surface area (Å²) in [6, 6.07) is 2.14. The van der Waals surface area contributed by atoms with Crippen molar-refractivity contribution in [1.82, 2.24) is 10.3 Å². The minimum absolute atomic E-state index is 0.331. The van der Waals surface area contributed by atoms with Gasteiger partial charge in [0.2, 0.25) is 0 Å². The Bertz CT molecular complexity index is 528. The molecule has 0 aliphatic heterocycles. The highest BCUT2D eigenvalue weighted by Crippen LogP contribution is 2.48. The first-order valence-electron chi connectivity index (χ1n) is 5.58. The van der Waals surface area contributed by atoms with E-state index >= 15 is 0 Å². The fourth-order valence-electron chi connectivity index (χ4n) is 2.07. The van der Waals surface area contributed by atoms with Crippen molar-refractivity contribution in [1.29, 1.82) is 0 Å². The second-order valence-corrected chi connectivity index (χ2v) is 7.16. The van der Waals surface area contributed by atoms with Crippen molar-refractivity contribution < 1.29 is 0 Å². The number of rotatable bonds is 4. The monoisotopic (exact) mass is 328 g/mol. The van der Waals surface area contributed by atoms with Crippen LogP contribution in [-0.4, -0.2) is 18.6 Å². The van der Waals surface area contributed by atoms with Gasteiger partial charge in [0.05, 0.1) is 10.6 Å². The third kappa shape index (κ3) is 2.21. The quantitative estimate of drug-likeness (QED) is 0.921. The topological polar surface area (TPSA) is 24.9 Å². The van der Waals surface area contributed by atoms with Gasteiger partial charge in [-0.15, -0.1) is 22.7 Å². The van der Waals surface area contributed by atoms with Gasteiger partial charge in [0.25, 0.3) is 0 Å². The molecule has 1 aliphatic carbocycles. The highest BCUT2D eigenvalue weighted by atomic mass is 79.9. The summed E-state index contributed by atoms with van der Waals surface area (Å²) in [5.74, 6) is 0. The fourth-order valence-corrected chi connectivity index (χ4v) is 4.52. The Kier molecular flexibility index (Phi) is 3.11. The largest absolute Gasteiger partial charge is 0.319 e. The zero-order chi connectivity index (χ0) is 11.9. The third-order valence-corrected chi connectivity index (χ3v) is 5.90. The van der Waals surface area contributed by atoms with Crippen LogP contribution in [0.15, 0.2) is 21.3 Å². The third-order valence-electron chi connectivity index (χ3n) is 3.19. The van der Waals surface area contributed by atoms with Gasteiger partial charge in [0.1, 0.15) is 5.01 Å². The Balaban J connectivity index is 1.88. The second kappa shape index (κ2) is 4.46. The summed E-state index contributed by atoms with van der Waals surface area (Å²) in [5, 5.41) is 8.77. The highest BCUT2D eigenvalue weighted by Gasteiger charge is 2.45. The van der Waals surface area contributed by atoms with Crippen molar-refractivity contribution in [2.45, 2.75) is 18.3 Å². The van der Waals surface area contributed by atoms with Crippen LogP contribution in [0.2, 0.25) is 0 Å². The molecular formula is C12H13BrN2S2. The second-order valence-electron chi connectivity index (χ2n) is 4.48. The molecule has 2 heterocycles. The molecular weight excluding hydrogens is 316 g/mol. The minimum atomic E-state index is 0.331. The first kappa shape index (κ1) is 11.8. The van der Waals surface area contributed by atoms with Crippen LogP contribution in [-0.2, 0) is 5.41 Å². The van der Waals surface area contributed by atoms with Gasteiger partial charge >= 0.3 is 0 Å². The summed E-state index contributed by atoms with van der Waals surface area (Å²) in [4.78, 5) is 6.07. The lowest BCUT2D eigenvalue weighted by atomic mass is 10.0. The van der Waals surface area contributed by atoms with Crippen LogP contribution < -0.4 is 5.32 Å². The first-order valence-corrected chi connectivity index (χ1v) is 8.14. The van der Waals surface area contributed by atoms with Gasteiger partial charge in [-0.1, -0.05) is 0 Å². The number of thiazole rings is 1. The van der Waals surface area contributed by atoms with E-state index in [1.54, 1.807) is 22.7 Å². The number of nitrogens with zero attached hydrogens (tertiary/aromatic N) is 1. The molecule has 5 heteroatoms. The lowest BCUT2D eigenvalue weighted by Gasteiger charge is -2.10. The Morgan fingerprint density at radius 2 is 2.24 bits per heavy atom. The molecule has 1 N–H and O–H groups in total. The molecule has 0 aromatic carbocycles. The number of hydrogen-bond acceptors (Lipinski definition) is 4. The molecule has 0 bridgehead atoms. The van der Waals surface area contributed by atoms with E-state index in [1.165, 1.54) is 23.4 Å². The van der Waals surface area contributed by atoms with E-state index < -0.39 is 0 Å². The van der Waals surface area contributed by atoms with E-state index in [2.05, 4.69) is 38.1 Å². The molecule has 0 amide bonds. The zero-order valence-electron chi connectivity index (χ0n) is 9.50. The normalized spacial score (nSPS) is 17.3. The molecule has 2 aromatic heterocycles. The van der Waals surface area contributed by atoms with Gasteiger partial charge in [-0.05, 0) is 41.9 Å². The van der Waals surface area contributed by atoms with Gasteiger partial charge in [-0.25, -0.2) is 4.98 Å². The number of nitrogens with one attached hydrogen (secondary N) is 1. The summed E-state index contributed by atoms with van der Waals surface area (Å²) in [7, 11) is 2.02. The predicted octanol–water partition coefficient (Wildman–Crippen LogP) is 3.89. The van der Waals surface area contributed by atoms with Gasteiger partial charge < -0.3 is 5.32 Å². The molecule has 90 valence electrons. The van der Waals surface area contributed by atoms with Crippen molar-refractivity contribution in [3.8, 4) is 9.88 Å². The Morgan fingerprint density at radius 3 is 2.82 bits per heavy atom. The average molecular weight is 329 g/mol. The maximum absolute atomic E-state index is 4.81. The average Bonchev–Trinajstić information content (AvgIpc) is 2.79. The van der Waals surface area contributed by atoms with Gasteiger partial charge in [0, 0.05) is 27.2 Å². The smallest absolute Gasteiger partial charge is 0.133 e. The van der Waals surface area contributed by atoms with E-state index in [-0.39, 0.29) is 0 Å². The van der Waals surface area contributed by atoms with E-state index in [9.17, 15) is 0 Å². The van der Waals surface area contributed by atoms with Crippen LogP contribution in [0.4, 0.5) is 0 Å². The molecule has 1 saturated carbocycles. The van der Waals surface area contributed by atoms with Crippen molar-refractivity contribution in [3.05, 3.63) is 27.0 Å². The maximum Gasteiger partial charge on any atom is 0.133 e. The van der Waals surface area contributed by atoms with Gasteiger partial charge in [-0.3, -0.25) is 0 Å². The predicted molar refractivity (Wildman–Crippen MR) is 78.0 cm³/mol. The summed E-state index contributed by atoms with van der Waals surface area (Å²) < 4.78 is 1.14. The molecule has 3 rings (SSSR count). The molecule has 1 fully saturated rings. The van der Waals surface area contributed by atoms with E-state index in [1.807, 2.05) is 7.05 Å². The number of aromatic nitrogens is 1. The Morgan fingerprint density at radius 1 is 1.41 bits per heavy atom. The molecule has 0 unspecified atom stereocenters. The van der Waals surface area contributed by atoms with Crippen LogP contribution in [0.25, 0.3) is 9.88 Å². The molecule has 0 radical (unpaired) electrons. The summed E-state index contributed by atoms with van der Waals surface area (Å²) >= 11 is 7.00. The number of thiophene rings is 1. The van der Waals surface area contributed by atoms with Crippen LogP contribution in [0.5, 0.6) is 0 Å². The van der Waals surface area contributed by atoms with Crippen LogP contribution >= 0.6 is 38.6 Å². The first-order chi connectivity index (χ1) is 8.23. The van der Waals surface area contributed by atoms with Crippen molar-refractivity contribution >= 4 is 38.6 Å². The van der Waals surface area contributed by atoms with Gasteiger partial charge in [-0.2, -0.15) is 0 Å². The molecule has 0 spiro atoms. The van der Waals surface area contributed by atoms with E-state index in [0.717, 1.165) is 16.0 Å². The van der Waals surface area contributed by atoms with Gasteiger partial charge in [0.15, 0.2) is 0 Å². The SMILES string of the molecule is CNCC1(c2csc(-c3cc(Br)cs3)n2)CC1. The number of likely N-dealkylation sites (N-methyl/N-ethyl adjacent to an activating group) is 1. The molecule has 17 heavy (non-hydrogen) atoms. The molecule has 0 atom stereocenters. The molecule has 0 saturated heterocycles. The Hall–Kier alpha value is -0.230. The highest BCUT2D eigenvalue weighted by molar-refractivity contribution is 9.10. The van der Waals surface area contributed by atoms with E-state index in [4.69, 9.17) is 4.98 Å². The van der Waals surface area contributed by atoms with Crippen LogP contribution in [0, 0.1) is 0 Å². The summed E-state index contributed by atoms with van der Waals surface area (Å²) in [6.07, 6.45) is 2.54. The maximum atomic E-state index is 4.81. The van der Waals surface area contributed by atoms with Crippen LogP contribution in [0.1, 0.15) is 18.5 Å². The summed E-state index contributed by atoms with van der Waals surface area (Å²) in [6.45, 7) is 1.05. The van der Waals surface area contributed by atoms with Crippen LogP contribution in [0.3, 0.4) is 0 Å². The van der Waals surface area contributed by atoms with Crippen molar-refractivity contribution in [2.75, 3.05) is 13.6 Å². The van der Waals surface area contributed by atoms with Crippen molar-refractivity contribution in [2.24, 2.45) is 0 Å². The fraction of sp³-hybridized carbons (Fsp3) is 0.417. The minimum Gasteiger partial charge on any atom is -0.319 e. The Labute approximate surface area is 117 Å². The van der Waals surface area contributed by atoms with E-state index in [0.29, 0.717) is 5.41 Å². The summed E-state index contributed by atoms with van der Waals surface area (Å²) in [5.41, 5.74) is 1.61. The lowest BCUT2D eigenvalue weighted by Crippen LogP contribution is -2.23. The van der Waals surface area contributed by atoms with Crippen molar-refractivity contribution in [3.63, 3.8) is 0 Å². The number of halogens is 1. The number of hydrogen-bond donors (Lipinski definition) is 1. The molecule has 2 aromatic rings. The zero-order valence-corrected chi connectivity index (χ0v) is 12.7. The molecule has 2 nitrogen and oxygen atoms in total.